The molecule has 0 saturated heterocycles. The lowest BCUT2D eigenvalue weighted by Gasteiger charge is -2.11. The van der Waals surface area contributed by atoms with Gasteiger partial charge in [0.2, 0.25) is 0 Å². The first-order valence-electron chi connectivity index (χ1n) is 8.05. The van der Waals surface area contributed by atoms with Gasteiger partial charge in [-0.15, -0.1) is 5.10 Å². The number of carbonyl (C=O) groups is 1. The summed E-state index contributed by atoms with van der Waals surface area (Å²) in [5.74, 6) is -0.613. The molecule has 0 aliphatic carbocycles. The second-order valence-electron chi connectivity index (χ2n) is 6.27. The van der Waals surface area contributed by atoms with E-state index in [1.165, 1.54) is 12.1 Å². The Labute approximate surface area is 144 Å². The molecular formula is C19H18FN3O2. The number of Topliss-reactive ketones (excluding diaryl/α,β-unsaturated/α-hetero) is 1. The van der Waals surface area contributed by atoms with Gasteiger partial charge in [-0.2, -0.15) is 0 Å². The maximum Gasteiger partial charge on any atom is 0.278 e. The number of ketones is 1. The Kier molecular flexibility index (Phi) is 4.70. The topological polar surface area (TPSA) is 64.8 Å². The first-order chi connectivity index (χ1) is 11.9. The molecular weight excluding hydrogens is 321 g/mol. The highest BCUT2D eigenvalue weighted by Gasteiger charge is 2.14. The van der Waals surface area contributed by atoms with Gasteiger partial charge >= 0.3 is 0 Å². The molecule has 128 valence electrons. The van der Waals surface area contributed by atoms with Gasteiger partial charge in [0.15, 0.2) is 5.78 Å². The Balaban J connectivity index is 1.76. The van der Waals surface area contributed by atoms with Crippen molar-refractivity contribution in [1.29, 1.82) is 0 Å². The van der Waals surface area contributed by atoms with Crippen molar-refractivity contribution in [2.24, 2.45) is 0 Å². The SMILES string of the molecule is Cc1ccc([C@H](C)CC(=O)Cn2nnc3ccc(F)cc3c2=O)cc1. The smallest absolute Gasteiger partial charge is 0.278 e. The van der Waals surface area contributed by atoms with Gasteiger partial charge in [0.05, 0.1) is 5.39 Å². The van der Waals surface area contributed by atoms with Gasteiger partial charge < -0.3 is 0 Å². The molecule has 0 N–H and O–H groups in total. The fourth-order valence-corrected chi connectivity index (χ4v) is 2.74. The van der Waals surface area contributed by atoms with E-state index in [1.807, 2.05) is 38.1 Å². The zero-order valence-corrected chi connectivity index (χ0v) is 14.1. The molecule has 0 bridgehead atoms. The Morgan fingerprint density at radius 2 is 1.92 bits per heavy atom. The minimum Gasteiger partial charge on any atom is -0.298 e. The van der Waals surface area contributed by atoms with Crippen LogP contribution in [0.2, 0.25) is 0 Å². The van der Waals surface area contributed by atoms with Gasteiger partial charge in [-0.1, -0.05) is 42.0 Å². The van der Waals surface area contributed by atoms with E-state index in [1.54, 1.807) is 0 Å². The Morgan fingerprint density at radius 3 is 2.64 bits per heavy atom. The van der Waals surface area contributed by atoms with Crippen molar-refractivity contribution in [3.05, 3.63) is 69.8 Å². The molecule has 3 rings (SSSR count). The van der Waals surface area contributed by atoms with Crippen LogP contribution < -0.4 is 5.56 Å². The van der Waals surface area contributed by atoms with Gasteiger partial charge in [-0.05, 0) is 36.6 Å². The Morgan fingerprint density at radius 1 is 1.20 bits per heavy atom. The van der Waals surface area contributed by atoms with Crippen LogP contribution in [0.25, 0.3) is 10.9 Å². The van der Waals surface area contributed by atoms with Crippen LogP contribution >= 0.6 is 0 Å². The van der Waals surface area contributed by atoms with Crippen LogP contribution in [0, 0.1) is 12.7 Å². The van der Waals surface area contributed by atoms with Crippen molar-refractivity contribution in [2.45, 2.75) is 32.7 Å². The highest BCUT2D eigenvalue weighted by atomic mass is 19.1. The summed E-state index contributed by atoms with van der Waals surface area (Å²) >= 11 is 0. The van der Waals surface area contributed by atoms with Crippen molar-refractivity contribution < 1.29 is 9.18 Å². The third-order valence-corrected chi connectivity index (χ3v) is 4.19. The highest BCUT2D eigenvalue weighted by molar-refractivity contribution is 5.80. The number of aromatic nitrogens is 3. The number of rotatable bonds is 5. The first kappa shape index (κ1) is 17.0. The van der Waals surface area contributed by atoms with E-state index in [0.717, 1.165) is 21.9 Å². The number of benzene rings is 2. The van der Waals surface area contributed by atoms with Crippen LogP contribution in [0.4, 0.5) is 4.39 Å². The molecule has 0 aliphatic heterocycles. The lowest BCUT2D eigenvalue weighted by molar-refractivity contribution is -0.120. The zero-order valence-electron chi connectivity index (χ0n) is 14.1. The van der Waals surface area contributed by atoms with Gasteiger partial charge in [0, 0.05) is 6.42 Å². The molecule has 1 atom stereocenters. The number of nitrogens with zero attached hydrogens (tertiary/aromatic N) is 3. The summed E-state index contributed by atoms with van der Waals surface area (Å²) in [4.78, 5) is 24.7. The van der Waals surface area contributed by atoms with Crippen LogP contribution in [0.15, 0.2) is 47.3 Å². The number of hydrogen-bond acceptors (Lipinski definition) is 4. The molecule has 6 heteroatoms. The third-order valence-electron chi connectivity index (χ3n) is 4.19. The summed E-state index contributed by atoms with van der Waals surface area (Å²) in [7, 11) is 0. The van der Waals surface area contributed by atoms with Crippen LogP contribution in [0.5, 0.6) is 0 Å². The summed E-state index contributed by atoms with van der Waals surface area (Å²) in [5.41, 5.74) is 2.02. The van der Waals surface area contributed by atoms with Crippen LogP contribution in [0.3, 0.4) is 0 Å². The lowest BCUT2D eigenvalue weighted by atomic mass is 9.95. The van der Waals surface area contributed by atoms with Crippen LogP contribution in [0.1, 0.15) is 30.4 Å². The summed E-state index contributed by atoms with van der Waals surface area (Å²) < 4.78 is 14.3. The predicted molar refractivity (Wildman–Crippen MR) is 93.0 cm³/mol. The van der Waals surface area contributed by atoms with Gasteiger partial charge in [-0.3, -0.25) is 9.59 Å². The first-order valence-corrected chi connectivity index (χ1v) is 8.05. The molecule has 2 aromatic carbocycles. The summed E-state index contributed by atoms with van der Waals surface area (Å²) in [6, 6.07) is 11.7. The molecule has 5 nitrogen and oxygen atoms in total. The van der Waals surface area contributed by atoms with E-state index in [9.17, 15) is 14.0 Å². The predicted octanol–water partition coefficient (Wildman–Crippen LogP) is 3.00. The summed E-state index contributed by atoms with van der Waals surface area (Å²) in [5, 5.41) is 7.78. The second-order valence-corrected chi connectivity index (χ2v) is 6.27. The van der Waals surface area contributed by atoms with E-state index >= 15 is 0 Å². The molecule has 0 spiro atoms. The van der Waals surface area contributed by atoms with Crippen molar-refractivity contribution in [3.63, 3.8) is 0 Å². The molecule has 0 aliphatic rings. The summed E-state index contributed by atoms with van der Waals surface area (Å²) in [6.07, 6.45) is 0.290. The van der Waals surface area contributed by atoms with Gasteiger partial charge in [-0.25, -0.2) is 9.07 Å². The van der Waals surface area contributed by atoms with E-state index < -0.39 is 11.4 Å². The fraction of sp³-hybridized carbons (Fsp3) is 0.263. The molecule has 1 aromatic heterocycles. The van der Waals surface area contributed by atoms with Crippen LogP contribution in [-0.2, 0) is 11.3 Å². The maximum absolute atomic E-state index is 13.3. The van der Waals surface area contributed by atoms with Gasteiger partial charge in [0.25, 0.3) is 5.56 Å². The second kappa shape index (κ2) is 6.93. The standard InChI is InChI=1S/C19H18FN3O2/c1-12-3-5-14(6-4-12)13(2)9-16(24)11-23-19(25)17-10-15(20)7-8-18(17)21-22-23/h3-8,10,13H,9,11H2,1-2H3/t13-/m1/s1. The van der Waals surface area contributed by atoms with E-state index in [0.29, 0.717) is 11.9 Å². The molecule has 0 fully saturated rings. The molecule has 1 heterocycles. The average Bonchev–Trinajstić information content (AvgIpc) is 2.58. The largest absolute Gasteiger partial charge is 0.298 e. The molecule has 0 saturated carbocycles. The Hall–Kier alpha value is -2.89. The fourth-order valence-electron chi connectivity index (χ4n) is 2.74. The minimum atomic E-state index is -0.525. The van der Waals surface area contributed by atoms with Crippen molar-refractivity contribution >= 4 is 16.7 Å². The lowest BCUT2D eigenvalue weighted by Crippen LogP contribution is -2.28. The van der Waals surface area contributed by atoms with Crippen molar-refractivity contribution in [1.82, 2.24) is 15.0 Å². The van der Waals surface area contributed by atoms with E-state index in [2.05, 4.69) is 10.3 Å². The highest BCUT2D eigenvalue weighted by Crippen LogP contribution is 2.20. The van der Waals surface area contributed by atoms with Gasteiger partial charge in [0.1, 0.15) is 17.9 Å². The zero-order chi connectivity index (χ0) is 18.0. The Bertz CT molecular complexity index is 980. The molecule has 0 unspecified atom stereocenters. The quantitative estimate of drug-likeness (QED) is 0.717. The van der Waals surface area contributed by atoms with E-state index in [4.69, 9.17) is 0 Å². The van der Waals surface area contributed by atoms with Crippen molar-refractivity contribution in [2.75, 3.05) is 0 Å². The molecule has 0 amide bonds. The number of aryl methyl sites for hydroxylation is 1. The molecule has 3 aromatic rings. The number of carbonyl (C=O) groups excluding carboxylic acids is 1. The normalized spacial score (nSPS) is 12.3. The molecule has 25 heavy (non-hydrogen) atoms. The number of hydrogen-bond donors (Lipinski definition) is 0. The van der Waals surface area contributed by atoms with Crippen LogP contribution in [-0.4, -0.2) is 20.8 Å². The number of halogens is 1. The molecule has 0 radical (unpaired) electrons. The number of fused-ring (bicyclic) bond motifs is 1. The maximum atomic E-state index is 13.3. The van der Waals surface area contributed by atoms with Crippen molar-refractivity contribution in [3.8, 4) is 0 Å². The average molecular weight is 339 g/mol. The third kappa shape index (κ3) is 3.79. The minimum absolute atomic E-state index is 0.0367. The summed E-state index contributed by atoms with van der Waals surface area (Å²) in [6.45, 7) is 3.80. The monoisotopic (exact) mass is 339 g/mol. The van der Waals surface area contributed by atoms with E-state index in [-0.39, 0.29) is 23.6 Å².